The number of aryl methyl sites for hydroxylation is 1. The standard InChI is InChI=1S/C23H17ClN4O4/c1-14-12-16(24)7-10-19(14)26-21-20(15-5-8-18(9-6-15)28(31)32)22(29)27(23(21)30)13-17-4-2-3-11-25-17/h2-12,26H,13H2,1H3. The van der Waals surface area contributed by atoms with E-state index in [0.29, 0.717) is 22.0 Å². The summed E-state index contributed by atoms with van der Waals surface area (Å²) in [5.41, 5.74) is 2.47. The Morgan fingerprint density at radius 3 is 2.44 bits per heavy atom. The number of hydrogen-bond donors (Lipinski definition) is 1. The number of anilines is 1. The lowest BCUT2D eigenvalue weighted by atomic mass is 10.0. The molecule has 2 heterocycles. The number of imide groups is 1. The second-order valence-electron chi connectivity index (χ2n) is 7.16. The number of rotatable bonds is 6. The van der Waals surface area contributed by atoms with Crippen LogP contribution in [0, 0.1) is 17.0 Å². The number of nitrogens with one attached hydrogen (secondary N) is 1. The van der Waals surface area contributed by atoms with Crippen molar-refractivity contribution in [2.75, 3.05) is 5.32 Å². The maximum absolute atomic E-state index is 13.3. The van der Waals surface area contributed by atoms with Crippen LogP contribution in [0.25, 0.3) is 5.57 Å². The van der Waals surface area contributed by atoms with Crippen LogP contribution in [-0.2, 0) is 16.1 Å². The van der Waals surface area contributed by atoms with Crippen LogP contribution in [-0.4, -0.2) is 26.6 Å². The lowest BCUT2D eigenvalue weighted by Crippen LogP contribution is -2.32. The van der Waals surface area contributed by atoms with Gasteiger partial charge in [-0.3, -0.25) is 29.6 Å². The van der Waals surface area contributed by atoms with Gasteiger partial charge in [-0.25, -0.2) is 0 Å². The summed E-state index contributed by atoms with van der Waals surface area (Å²) in [6.07, 6.45) is 1.58. The molecule has 0 unspecified atom stereocenters. The molecule has 0 atom stereocenters. The predicted octanol–water partition coefficient (Wildman–Crippen LogP) is 4.34. The van der Waals surface area contributed by atoms with E-state index in [2.05, 4.69) is 10.3 Å². The number of benzene rings is 2. The molecular formula is C23H17ClN4O4. The van der Waals surface area contributed by atoms with E-state index in [1.807, 2.05) is 6.92 Å². The van der Waals surface area contributed by atoms with Crippen molar-refractivity contribution in [1.29, 1.82) is 0 Å². The summed E-state index contributed by atoms with van der Waals surface area (Å²) in [5.74, 6) is -1.02. The highest BCUT2D eigenvalue weighted by Gasteiger charge is 2.39. The third-order valence-corrected chi connectivity index (χ3v) is 5.26. The SMILES string of the molecule is Cc1cc(Cl)ccc1NC1=C(c2ccc([N+](=O)[O-])cc2)C(=O)N(Cc2ccccn2)C1=O. The lowest BCUT2D eigenvalue weighted by molar-refractivity contribution is -0.384. The van der Waals surface area contributed by atoms with Gasteiger partial charge in [0.25, 0.3) is 17.5 Å². The van der Waals surface area contributed by atoms with E-state index in [4.69, 9.17) is 11.6 Å². The maximum atomic E-state index is 13.3. The molecule has 1 aliphatic rings. The van der Waals surface area contributed by atoms with Gasteiger partial charge in [0.2, 0.25) is 0 Å². The molecule has 1 aliphatic heterocycles. The quantitative estimate of drug-likeness (QED) is 0.341. The molecule has 0 bridgehead atoms. The van der Waals surface area contributed by atoms with Crippen molar-refractivity contribution in [3.8, 4) is 0 Å². The normalized spacial score (nSPS) is 13.6. The molecule has 32 heavy (non-hydrogen) atoms. The molecule has 0 fully saturated rings. The lowest BCUT2D eigenvalue weighted by Gasteiger charge is -2.15. The summed E-state index contributed by atoms with van der Waals surface area (Å²) in [6, 6.07) is 15.9. The molecule has 2 aromatic carbocycles. The summed E-state index contributed by atoms with van der Waals surface area (Å²) in [4.78, 5) is 42.4. The molecule has 4 rings (SSSR count). The van der Waals surface area contributed by atoms with Crippen LogP contribution >= 0.6 is 11.6 Å². The van der Waals surface area contributed by atoms with Gasteiger partial charge in [0.15, 0.2) is 0 Å². The summed E-state index contributed by atoms with van der Waals surface area (Å²) in [6.45, 7) is 1.83. The number of amides is 2. The van der Waals surface area contributed by atoms with Crippen molar-refractivity contribution < 1.29 is 14.5 Å². The largest absolute Gasteiger partial charge is 0.350 e. The molecule has 160 valence electrons. The van der Waals surface area contributed by atoms with Crippen molar-refractivity contribution in [2.45, 2.75) is 13.5 Å². The molecule has 0 saturated carbocycles. The number of nitro groups is 1. The number of hydrogen-bond acceptors (Lipinski definition) is 6. The van der Waals surface area contributed by atoms with E-state index in [-0.39, 0.29) is 23.5 Å². The minimum Gasteiger partial charge on any atom is -0.350 e. The van der Waals surface area contributed by atoms with Crippen molar-refractivity contribution in [3.63, 3.8) is 0 Å². The molecular weight excluding hydrogens is 432 g/mol. The van der Waals surface area contributed by atoms with Gasteiger partial charge >= 0.3 is 0 Å². The molecule has 0 saturated heterocycles. The number of pyridine rings is 1. The van der Waals surface area contributed by atoms with Gasteiger partial charge in [-0.15, -0.1) is 0 Å². The van der Waals surface area contributed by atoms with Gasteiger partial charge in [0, 0.05) is 29.0 Å². The van der Waals surface area contributed by atoms with Gasteiger partial charge in [-0.05, 0) is 60.5 Å². The Labute approximate surface area is 188 Å². The van der Waals surface area contributed by atoms with Gasteiger partial charge in [-0.1, -0.05) is 17.7 Å². The van der Waals surface area contributed by atoms with Crippen LogP contribution < -0.4 is 5.32 Å². The van der Waals surface area contributed by atoms with Crippen LogP contribution in [0.5, 0.6) is 0 Å². The minimum atomic E-state index is -0.524. The van der Waals surface area contributed by atoms with Crippen LogP contribution in [0.3, 0.4) is 0 Å². The van der Waals surface area contributed by atoms with E-state index >= 15 is 0 Å². The topological polar surface area (TPSA) is 105 Å². The fraction of sp³-hybridized carbons (Fsp3) is 0.0870. The first-order valence-electron chi connectivity index (χ1n) is 9.63. The first-order valence-corrected chi connectivity index (χ1v) is 10.0. The number of nitrogens with zero attached hydrogens (tertiary/aromatic N) is 3. The fourth-order valence-electron chi connectivity index (χ4n) is 3.41. The third-order valence-electron chi connectivity index (χ3n) is 5.03. The van der Waals surface area contributed by atoms with Crippen LogP contribution in [0.2, 0.25) is 5.02 Å². The highest BCUT2D eigenvalue weighted by molar-refractivity contribution is 6.36. The Bertz CT molecular complexity index is 1260. The number of halogens is 1. The third kappa shape index (κ3) is 4.08. The molecule has 0 spiro atoms. The second-order valence-corrected chi connectivity index (χ2v) is 7.59. The zero-order valence-corrected chi connectivity index (χ0v) is 17.7. The van der Waals surface area contributed by atoms with Crippen LogP contribution in [0.4, 0.5) is 11.4 Å². The summed E-state index contributed by atoms with van der Waals surface area (Å²) >= 11 is 6.03. The average molecular weight is 449 g/mol. The summed E-state index contributed by atoms with van der Waals surface area (Å²) in [5, 5.41) is 14.6. The van der Waals surface area contributed by atoms with Gasteiger partial charge in [0.05, 0.1) is 22.7 Å². The fourth-order valence-corrected chi connectivity index (χ4v) is 3.64. The molecule has 1 N–H and O–H groups in total. The van der Waals surface area contributed by atoms with Crippen LogP contribution in [0.1, 0.15) is 16.8 Å². The molecule has 0 aliphatic carbocycles. The summed E-state index contributed by atoms with van der Waals surface area (Å²) < 4.78 is 0. The minimum absolute atomic E-state index is 0.000230. The van der Waals surface area contributed by atoms with Crippen molar-refractivity contribution in [3.05, 3.63) is 105 Å². The molecule has 0 radical (unpaired) electrons. The van der Waals surface area contributed by atoms with Crippen LogP contribution in [0.15, 0.2) is 72.6 Å². The van der Waals surface area contributed by atoms with E-state index in [1.165, 1.54) is 24.3 Å². The molecule has 1 aromatic heterocycles. The van der Waals surface area contributed by atoms with Crippen molar-refractivity contribution in [1.82, 2.24) is 9.88 Å². The first kappa shape index (κ1) is 21.2. The molecule has 3 aromatic rings. The Balaban J connectivity index is 1.77. The number of nitro benzene ring substituents is 1. The Kier molecular flexibility index (Phi) is 5.70. The zero-order valence-electron chi connectivity index (χ0n) is 16.9. The van der Waals surface area contributed by atoms with E-state index in [9.17, 15) is 19.7 Å². The van der Waals surface area contributed by atoms with Gasteiger partial charge in [-0.2, -0.15) is 0 Å². The van der Waals surface area contributed by atoms with Gasteiger partial charge < -0.3 is 5.32 Å². The monoisotopic (exact) mass is 448 g/mol. The number of carbonyl (C=O) groups excluding carboxylic acids is 2. The van der Waals surface area contributed by atoms with E-state index in [0.717, 1.165) is 10.5 Å². The smallest absolute Gasteiger partial charge is 0.278 e. The van der Waals surface area contributed by atoms with Crippen molar-refractivity contribution >= 4 is 40.4 Å². The van der Waals surface area contributed by atoms with E-state index < -0.39 is 16.7 Å². The molecule has 8 nitrogen and oxygen atoms in total. The Morgan fingerprint density at radius 2 is 1.81 bits per heavy atom. The number of aromatic nitrogens is 1. The number of carbonyl (C=O) groups is 2. The second kappa shape index (κ2) is 8.60. The van der Waals surface area contributed by atoms with E-state index in [1.54, 1.807) is 42.6 Å². The number of non-ortho nitro benzene ring substituents is 1. The highest BCUT2D eigenvalue weighted by atomic mass is 35.5. The highest BCUT2D eigenvalue weighted by Crippen LogP contribution is 2.33. The molecule has 2 amide bonds. The zero-order chi connectivity index (χ0) is 22.8. The first-order chi connectivity index (χ1) is 15.3. The van der Waals surface area contributed by atoms with Gasteiger partial charge in [0.1, 0.15) is 5.70 Å². The predicted molar refractivity (Wildman–Crippen MR) is 120 cm³/mol. The Morgan fingerprint density at radius 1 is 1.06 bits per heavy atom. The van der Waals surface area contributed by atoms with Crippen molar-refractivity contribution in [2.24, 2.45) is 0 Å². The molecule has 9 heteroatoms. The maximum Gasteiger partial charge on any atom is 0.278 e. The summed E-state index contributed by atoms with van der Waals surface area (Å²) in [7, 11) is 0. The Hall–Kier alpha value is -4.04. The average Bonchev–Trinajstić information content (AvgIpc) is 3.00.